The van der Waals surface area contributed by atoms with Gasteiger partial charge < -0.3 is 26.3 Å². The van der Waals surface area contributed by atoms with Gasteiger partial charge in [-0.1, -0.05) is 18.2 Å². The second kappa shape index (κ2) is 8.08. The molecule has 1 aromatic heterocycles. The molecule has 0 spiro atoms. The molecule has 8 nitrogen and oxygen atoms in total. The van der Waals surface area contributed by atoms with Crippen molar-refractivity contribution < 1.29 is 0 Å². The van der Waals surface area contributed by atoms with E-state index in [-0.39, 0.29) is 11.9 Å². The molecule has 5 rings (SSSR count). The van der Waals surface area contributed by atoms with Crippen molar-refractivity contribution in [2.45, 2.75) is 6.42 Å². The summed E-state index contributed by atoms with van der Waals surface area (Å²) in [6.45, 7) is 0. The van der Waals surface area contributed by atoms with Crippen LogP contribution in [0.25, 0.3) is 22.0 Å². The van der Waals surface area contributed by atoms with E-state index in [1.807, 2.05) is 48.7 Å². The molecule has 0 atom stereocenters. The third-order valence-corrected chi connectivity index (χ3v) is 6.37. The Morgan fingerprint density at radius 1 is 0.853 bits per heavy atom. The van der Waals surface area contributed by atoms with E-state index in [0.29, 0.717) is 0 Å². The molecule has 3 aromatic carbocycles. The summed E-state index contributed by atoms with van der Waals surface area (Å²) in [4.78, 5) is 11.5. The van der Waals surface area contributed by atoms with Crippen molar-refractivity contribution in [3.8, 4) is 11.1 Å². The molecule has 4 aromatic rings. The van der Waals surface area contributed by atoms with Gasteiger partial charge in [-0.3, -0.25) is 15.8 Å². The summed E-state index contributed by atoms with van der Waals surface area (Å²) in [7, 11) is 3.56. The monoisotopic (exact) mass is 450 g/mol. The van der Waals surface area contributed by atoms with Crippen LogP contribution in [-0.4, -0.2) is 36.7 Å². The Bertz CT molecular complexity index is 1460. The van der Waals surface area contributed by atoms with Gasteiger partial charge in [0.15, 0.2) is 11.9 Å². The Kier molecular flexibility index (Phi) is 5.05. The summed E-state index contributed by atoms with van der Waals surface area (Å²) in [5.74, 6) is 0.00810. The zero-order valence-electron chi connectivity index (χ0n) is 19.1. The topological polar surface area (TPSA) is 134 Å². The lowest BCUT2D eigenvalue weighted by atomic mass is 9.99. The first-order valence-electron chi connectivity index (χ1n) is 10.9. The maximum absolute atomic E-state index is 7.67. The van der Waals surface area contributed by atoms with Crippen molar-refractivity contribution in [2.75, 3.05) is 23.9 Å². The molecule has 1 aliphatic rings. The molecule has 2 heterocycles. The van der Waals surface area contributed by atoms with Gasteiger partial charge in [-0.05, 0) is 59.2 Å². The van der Waals surface area contributed by atoms with Gasteiger partial charge in [0.2, 0.25) is 0 Å². The van der Waals surface area contributed by atoms with Crippen LogP contribution in [-0.2, 0) is 6.42 Å². The fourth-order valence-electron chi connectivity index (χ4n) is 4.25. The second-order valence-electron chi connectivity index (χ2n) is 8.45. The minimum absolute atomic E-state index is 0.00391. The second-order valence-corrected chi connectivity index (χ2v) is 8.45. The van der Waals surface area contributed by atoms with Crippen LogP contribution in [0.5, 0.6) is 0 Å². The largest absolute Gasteiger partial charge is 0.370 e. The van der Waals surface area contributed by atoms with Crippen molar-refractivity contribution in [1.29, 1.82) is 10.8 Å². The number of guanidine groups is 2. The molecule has 1 aliphatic heterocycles. The third-order valence-electron chi connectivity index (χ3n) is 6.37. The molecule has 0 bridgehead atoms. The average Bonchev–Trinajstić information content (AvgIpc) is 3.45. The number of hydrogen-bond acceptors (Lipinski definition) is 3. The van der Waals surface area contributed by atoms with E-state index >= 15 is 0 Å². The maximum atomic E-state index is 7.67. The van der Waals surface area contributed by atoms with Crippen molar-refractivity contribution in [2.24, 2.45) is 16.5 Å². The van der Waals surface area contributed by atoms with Crippen molar-refractivity contribution in [3.05, 3.63) is 78.0 Å². The van der Waals surface area contributed by atoms with Crippen LogP contribution in [0.4, 0.5) is 17.1 Å². The number of nitrogens with zero attached hydrogens (tertiary/aromatic N) is 3. The highest BCUT2D eigenvalue weighted by molar-refractivity contribution is 6.15. The molecular weight excluding hydrogens is 424 g/mol. The number of benzene rings is 3. The summed E-state index contributed by atoms with van der Waals surface area (Å²) < 4.78 is 0. The molecule has 8 heteroatoms. The van der Waals surface area contributed by atoms with E-state index in [1.54, 1.807) is 23.9 Å². The Labute approximate surface area is 197 Å². The van der Waals surface area contributed by atoms with E-state index in [4.69, 9.17) is 27.3 Å². The molecular formula is C26H26N8. The van der Waals surface area contributed by atoms with E-state index in [2.05, 4.69) is 23.2 Å². The summed E-state index contributed by atoms with van der Waals surface area (Å²) in [6.07, 6.45) is 2.74. The normalized spacial score (nSPS) is 12.4. The number of nitrogens with one attached hydrogen (secondary N) is 3. The summed E-state index contributed by atoms with van der Waals surface area (Å²) >= 11 is 0. The molecule has 0 radical (unpaired) electrons. The zero-order chi connectivity index (χ0) is 24.0. The third kappa shape index (κ3) is 3.65. The first kappa shape index (κ1) is 21.3. The van der Waals surface area contributed by atoms with Crippen molar-refractivity contribution in [1.82, 2.24) is 4.98 Å². The molecule has 0 saturated heterocycles. The van der Waals surface area contributed by atoms with E-state index in [1.165, 1.54) is 0 Å². The first-order valence-corrected chi connectivity index (χ1v) is 10.9. The number of fused-ring (bicyclic) bond motifs is 2. The van der Waals surface area contributed by atoms with Crippen LogP contribution in [0.3, 0.4) is 0 Å². The SMILES string of the molecule is CN(C(=N)N)c1ccc(-c2ccc3[nH]cc(C4=Nc5ccc(N(C)C(=N)N)cc5C4)c3c2)cc1. The molecule has 0 aliphatic carbocycles. The Balaban J connectivity index is 1.46. The van der Waals surface area contributed by atoms with Crippen LogP contribution in [0.2, 0.25) is 0 Å². The standard InChI is InChI=1S/C26H26N8/c1-33(25(27)28)18-6-3-15(4-7-18)16-5-9-23-20(12-16)21(14-31-23)24-13-17-11-19(34(2)26(29)30)8-10-22(17)32-24/h3-12,14,31H,13H2,1-2H3,(H3,27,28)(H3,29,30). The Morgan fingerprint density at radius 2 is 1.50 bits per heavy atom. The quantitative estimate of drug-likeness (QED) is 0.236. The number of anilines is 2. The predicted molar refractivity (Wildman–Crippen MR) is 141 cm³/mol. The van der Waals surface area contributed by atoms with Crippen LogP contribution in [0.15, 0.2) is 71.9 Å². The van der Waals surface area contributed by atoms with Crippen molar-refractivity contribution in [3.63, 3.8) is 0 Å². The molecule has 0 unspecified atom stereocenters. The molecule has 34 heavy (non-hydrogen) atoms. The van der Waals surface area contributed by atoms with Crippen molar-refractivity contribution >= 4 is 45.6 Å². The lowest BCUT2D eigenvalue weighted by Crippen LogP contribution is -2.32. The molecule has 0 amide bonds. The van der Waals surface area contributed by atoms with Gasteiger partial charge in [0, 0.05) is 54.6 Å². The summed E-state index contributed by atoms with van der Waals surface area (Å²) in [5.41, 5.74) is 20.4. The summed E-state index contributed by atoms with van der Waals surface area (Å²) in [5, 5.41) is 16.4. The average molecular weight is 451 g/mol. The number of nitrogens with two attached hydrogens (primary N) is 2. The predicted octanol–water partition coefficient (Wildman–Crippen LogP) is 4.17. The fraction of sp³-hybridized carbons (Fsp3) is 0.115. The minimum Gasteiger partial charge on any atom is -0.370 e. The number of aromatic nitrogens is 1. The van der Waals surface area contributed by atoms with Gasteiger partial charge in [0.05, 0.1) is 11.4 Å². The van der Waals surface area contributed by atoms with Crippen LogP contribution < -0.4 is 21.3 Å². The minimum atomic E-state index is 0.00391. The molecule has 0 saturated carbocycles. The number of aromatic amines is 1. The van der Waals surface area contributed by atoms with Crippen LogP contribution in [0.1, 0.15) is 11.1 Å². The number of aliphatic imine (C=N–C) groups is 1. The van der Waals surface area contributed by atoms with Crippen LogP contribution >= 0.6 is 0 Å². The highest BCUT2D eigenvalue weighted by atomic mass is 15.2. The number of rotatable bonds is 4. The van der Waals surface area contributed by atoms with Gasteiger partial charge >= 0.3 is 0 Å². The first-order chi connectivity index (χ1) is 16.3. The van der Waals surface area contributed by atoms with Gasteiger partial charge in [-0.2, -0.15) is 0 Å². The smallest absolute Gasteiger partial charge is 0.192 e. The highest BCUT2D eigenvalue weighted by Gasteiger charge is 2.20. The fourth-order valence-corrected chi connectivity index (χ4v) is 4.25. The molecule has 7 N–H and O–H groups in total. The van der Waals surface area contributed by atoms with Gasteiger partial charge in [-0.25, -0.2) is 0 Å². The Morgan fingerprint density at radius 3 is 2.21 bits per heavy atom. The lowest BCUT2D eigenvalue weighted by molar-refractivity contribution is 1.19. The van der Waals surface area contributed by atoms with E-state index in [0.717, 1.165) is 62.4 Å². The van der Waals surface area contributed by atoms with Gasteiger partial charge in [0.25, 0.3) is 0 Å². The van der Waals surface area contributed by atoms with Gasteiger partial charge in [0.1, 0.15) is 0 Å². The number of hydrogen-bond donors (Lipinski definition) is 5. The van der Waals surface area contributed by atoms with Crippen LogP contribution in [0, 0.1) is 10.8 Å². The zero-order valence-corrected chi connectivity index (χ0v) is 19.1. The highest BCUT2D eigenvalue weighted by Crippen LogP contribution is 2.35. The Hall–Kier alpha value is -4.59. The van der Waals surface area contributed by atoms with E-state index in [9.17, 15) is 0 Å². The summed E-state index contributed by atoms with van der Waals surface area (Å²) in [6, 6.07) is 20.4. The maximum Gasteiger partial charge on any atom is 0.192 e. The van der Waals surface area contributed by atoms with E-state index < -0.39 is 0 Å². The molecule has 170 valence electrons. The van der Waals surface area contributed by atoms with Gasteiger partial charge in [-0.15, -0.1) is 0 Å². The number of H-pyrrole nitrogens is 1. The lowest BCUT2D eigenvalue weighted by Gasteiger charge is -2.17. The molecule has 0 fully saturated rings.